The van der Waals surface area contributed by atoms with Gasteiger partial charge in [-0.1, -0.05) is 33.8 Å². The molecule has 0 spiro atoms. The van der Waals surface area contributed by atoms with E-state index in [-0.39, 0.29) is 22.7 Å². The minimum absolute atomic E-state index is 0.0951. The molecule has 1 unspecified atom stereocenters. The molecular weight excluding hydrogens is 210 g/mol. The van der Waals surface area contributed by atoms with E-state index in [0.717, 1.165) is 5.69 Å². The van der Waals surface area contributed by atoms with Gasteiger partial charge in [0.15, 0.2) is 0 Å². The molecule has 0 bridgehead atoms. The Hall–Kier alpha value is -1.18. The maximum absolute atomic E-state index is 12.5. The topological polar surface area (TPSA) is 30.0 Å². The number of aromatic nitrogens is 1. The molecule has 1 fully saturated rings. The second kappa shape index (κ2) is 3.66. The summed E-state index contributed by atoms with van der Waals surface area (Å²) in [4.78, 5) is 16.8. The van der Waals surface area contributed by atoms with Gasteiger partial charge in [-0.15, -0.1) is 0 Å². The summed E-state index contributed by atoms with van der Waals surface area (Å²) in [5.74, 6) is 0.396. The molecule has 1 heterocycles. The van der Waals surface area contributed by atoms with Crippen LogP contribution in [-0.2, 0) is 4.79 Å². The van der Waals surface area contributed by atoms with Crippen LogP contribution in [0.15, 0.2) is 24.4 Å². The molecule has 2 nitrogen and oxygen atoms in total. The first-order valence-corrected chi connectivity index (χ1v) is 6.25. The highest BCUT2D eigenvalue weighted by Crippen LogP contribution is 2.69. The Morgan fingerprint density at radius 2 is 1.82 bits per heavy atom. The predicted octanol–water partition coefficient (Wildman–Crippen LogP) is 3.44. The maximum atomic E-state index is 12.5. The Labute approximate surface area is 103 Å². The zero-order chi connectivity index (χ0) is 12.8. The van der Waals surface area contributed by atoms with Gasteiger partial charge in [-0.2, -0.15) is 0 Å². The van der Waals surface area contributed by atoms with Gasteiger partial charge in [0, 0.05) is 12.1 Å². The summed E-state index contributed by atoms with van der Waals surface area (Å²) in [5, 5.41) is 0. The molecule has 0 aliphatic heterocycles. The van der Waals surface area contributed by atoms with Crippen LogP contribution in [0.1, 0.15) is 46.2 Å². The smallest absolute Gasteiger partial charge is 0.145 e. The van der Waals surface area contributed by atoms with Crippen molar-refractivity contribution in [2.24, 2.45) is 16.7 Å². The van der Waals surface area contributed by atoms with Crippen molar-refractivity contribution in [3.05, 3.63) is 30.1 Å². The minimum atomic E-state index is -0.0951. The molecule has 0 aromatic carbocycles. The van der Waals surface area contributed by atoms with Crippen LogP contribution in [0.2, 0.25) is 0 Å². The lowest BCUT2D eigenvalue weighted by Gasteiger charge is -2.10. The van der Waals surface area contributed by atoms with Gasteiger partial charge in [0.1, 0.15) is 5.78 Å². The quantitative estimate of drug-likeness (QED) is 0.797. The monoisotopic (exact) mass is 231 g/mol. The predicted molar refractivity (Wildman–Crippen MR) is 68.7 cm³/mol. The first-order chi connectivity index (χ1) is 7.80. The maximum Gasteiger partial charge on any atom is 0.145 e. The van der Waals surface area contributed by atoms with Gasteiger partial charge >= 0.3 is 0 Å². The zero-order valence-electron chi connectivity index (χ0n) is 11.3. The van der Waals surface area contributed by atoms with E-state index in [2.05, 4.69) is 32.7 Å². The lowest BCUT2D eigenvalue weighted by atomic mass is 9.94. The minimum Gasteiger partial charge on any atom is -0.299 e. The molecule has 0 N–H and O–H groups in total. The van der Waals surface area contributed by atoms with Gasteiger partial charge < -0.3 is 0 Å². The summed E-state index contributed by atoms with van der Waals surface area (Å²) < 4.78 is 0. The van der Waals surface area contributed by atoms with Crippen LogP contribution in [0.5, 0.6) is 0 Å². The standard InChI is InChI=1S/C15H21NO/c1-10(11-8-6-7-9-16-11)12(17)13-14(2,3)15(13,4)5/h6-10,13H,1-5H3. The second-order valence-corrected chi connectivity index (χ2v) is 6.26. The van der Waals surface area contributed by atoms with Crippen molar-refractivity contribution in [2.75, 3.05) is 0 Å². The van der Waals surface area contributed by atoms with E-state index in [1.807, 2.05) is 25.1 Å². The number of Topliss-reactive ketones (excluding diaryl/α,β-unsaturated/α-hetero) is 1. The van der Waals surface area contributed by atoms with Crippen molar-refractivity contribution in [1.82, 2.24) is 4.98 Å². The molecular formula is C15H21NO. The SMILES string of the molecule is CC(C(=O)C1C(C)(C)C1(C)C)c1ccccn1. The van der Waals surface area contributed by atoms with Crippen LogP contribution in [0.4, 0.5) is 0 Å². The molecule has 1 atom stereocenters. The van der Waals surface area contributed by atoms with Crippen molar-refractivity contribution in [2.45, 2.75) is 40.5 Å². The van der Waals surface area contributed by atoms with E-state index in [9.17, 15) is 4.79 Å². The molecule has 17 heavy (non-hydrogen) atoms. The number of nitrogens with zero attached hydrogens (tertiary/aromatic N) is 1. The van der Waals surface area contributed by atoms with Crippen molar-refractivity contribution in [3.63, 3.8) is 0 Å². The van der Waals surface area contributed by atoms with Gasteiger partial charge in [-0.3, -0.25) is 9.78 Å². The van der Waals surface area contributed by atoms with Crippen LogP contribution < -0.4 is 0 Å². The second-order valence-electron chi connectivity index (χ2n) is 6.26. The summed E-state index contributed by atoms with van der Waals surface area (Å²) in [6.45, 7) is 10.7. The molecule has 1 aliphatic carbocycles. The summed E-state index contributed by atoms with van der Waals surface area (Å²) >= 11 is 0. The van der Waals surface area contributed by atoms with Crippen LogP contribution >= 0.6 is 0 Å². The number of carbonyl (C=O) groups is 1. The normalized spacial score (nSPS) is 23.1. The third kappa shape index (κ3) is 1.70. The molecule has 1 aliphatic rings. The fourth-order valence-corrected chi connectivity index (χ4v) is 2.94. The van der Waals surface area contributed by atoms with E-state index < -0.39 is 0 Å². The van der Waals surface area contributed by atoms with Gasteiger partial charge in [0.05, 0.1) is 11.6 Å². The Balaban J connectivity index is 2.19. The number of ketones is 1. The van der Waals surface area contributed by atoms with E-state index >= 15 is 0 Å². The first-order valence-electron chi connectivity index (χ1n) is 6.25. The Bertz CT molecular complexity index is 419. The fraction of sp³-hybridized carbons (Fsp3) is 0.600. The summed E-state index contributed by atoms with van der Waals surface area (Å²) in [6.07, 6.45) is 1.75. The molecule has 1 saturated carbocycles. The molecule has 92 valence electrons. The van der Waals surface area contributed by atoms with Crippen molar-refractivity contribution >= 4 is 5.78 Å². The third-order valence-electron chi connectivity index (χ3n) is 4.86. The Kier molecular flexibility index (Phi) is 2.64. The van der Waals surface area contributed by atoms with Crippen molar-refractivity contribution < 1.29 is 4.79 Å². The van der Waals surface area contributed by atoms with Crippen molar-refractivity contribution in [1.29, 1.82) is 0 Å². The third-order valence-corrected chi connectivity index (χ3v) is 4.86. The molecule has 0 amide bonds. The van der Waals surface area contributed by atoms with Crippen LogP contribution in [0, 0.1) is 16.7 Å². The number of carbonyl (C=O) groups excluding carboxylic acids is 1. The van der Waals surface area contributed by atoms with Crippen molar-refractivity contribution in [3.8, 4) is 0 Å². The van der Waals surface area contributed by atoms with Crippen LogP contribution in [-0.4, -0.2) is 10.8 Å². The average Bonchev–Trinajstić information content (AvgIpc) is 2.69. The van der Waals surface area contributed by atoms with Crippen LogP contribution in [0.3, 0.4) is 0 Å². The number of hydrogen-bond donors (Lipinski definition) is 0. The highest BCUT2D eigenvalue weighted by atomic mass is 16.1. The summed E-state index contributed by atoms with van der Waals surface area (Å²) in [6, 6.07) is 5.76. The zero-order valence-corrected chi connectivity index (χ0v) is 11.3. The van der Waals surface area contributed by atoms with E-state index in [0.29, 0.717) is 5.78 Å². The van der Waals surface area contributed by atoms with Crippen LogP contribution in [0.25, 0.3) is 0 Å². The average molecular weight is 231 g/mol. The van der Waals surface area contributed by atoms with Gasteiger partial charge in [-0.05, 0) is 29.9 Å². The van der Waals surface area contributed by atoms with Gasteiger partial charge in [0.25, 0.3) is 0 Å². The molecule has 0 radical (unpaired) electrons. The Morgan fingerprint density at radius 3 is 2.24 bits per heavy atom. The van der Waals surface area contributed by atoms with E-state index in [4.69, 9.17) is 0 Å². The number of hydrogen-bond acceptors (Lipinski definition) is 2. The highest BCUT2D eigenvalue weighted by Gasteiger charge is 2.68. The summed E-state index contributed by atoms with van der Waals surface area (Å²) in [5.41, 5.74) is 1.12. The fourth-order valence-electron chi connectivity index (χ4n) is 2.94. The van der Waals surface area contributed by atoms with Gasteiger partial charge in [-0.25, -0.2) is 0 Å². The first kappa shape index (κ1) is 12.3. The molecule has 0 saturated heterocycles. The molecule has 1 aromatic rings. The van der Waals surface area contributed by atoms with E-state index in [1.54, 1.807) is 6.20 Å². The molecule has 2 heteroatoms. The molecule has 1 aromatic heterocycles. The van der Waals surface area contributed by atoms with E-state index in [1.165, 1.54) is 0 Å². The highest BCUT2D eigenvalue weighted by molar-refractivity contribution is 5.91. The molecule has 2 rings (SSSR count). The van der Waals surface area contributed by atoms with Gasteiger partial charge in [0.2, 0.25) is 0 Å². The lowest BCUT2D eigenvalue weighted by Crippen LogP contribution is -2.16. The number of rotatable bonds is 3. The summed E-state index contributed by atoms with van der Waals surface area (Å²) in [7, 11) is 0. The Morgan fingerprint density at radius 1 is 1.24 bits per heavy atom. The lowest BCUT2D eigenvalue weighted by molar-refractivity contribution is -0.122. The number of pyridine rings is 1. The largest absolute Gasteiger partial charge is 0.299 e.